The molecule has 3 rings (SSSR count). The molecular formula is C16H27N5O17P2. The first kappa shape index (κ1) is 34.0. The third-order valence-corrected chi connectivity index (χ3v) is 7.33. The number of phosphoric acid groups is 2. The van der Waals surface area contributed by atoms with E-state index >= 15 is 0 Å². The number of hydrogen-bond donors (Lipinski definition) is 12. The first-order valence-corrected chi connectivity index (χ1v) is 13.7. The summed E-state index contributed by atoms with van der Waals surface area (Å²) in [5.41, 5.74) is 5.12. The van der Waals surface area contributed by atoms with Crippen LogP contribution in [0.1, 0.15) is 6.23 Å². The van der Waals surface area contributed by atoms with Crippen molar-refractivity contribution in [2.75, 3.05) is 18.9 Å². The maximum absolute atomic E-state index is 11.7. The van der Waals surface area contributed by atoms with E-state index in [2.05, 4.69) is 23.8 Å². The van der Waals surface area contributed by atoms with E-state index in [0.717, 1.165) is 0 Å². The Hall–Kier alpha value is -2.24. The van der Waals surface area contributed by atoms with Crippen LogP contribution in [-0.4, -0.2) is 132 Å². The van der Waals surface area contributed by atoms with Crippen LogP contribution in [-0.2, 0) is 27.5 Å². The predicted octanol–water partition coefficient (Wildman–Crippen LogP) is -5.83. The number of imidazole rings is 1. The van der Waals surface area contributed by atoms with E-state index in [4.69, 9.17) is 40.5 Å². The summed E-state index contributed by atoms with van der Waals surface area (Å²) in [6.07, 6.45) is -11.9. The Kier molecular flexibility index (Phi) is 11.6. The molecule has 1 fully saturated rings. The lowest BCUT2D eigenvalue weighted by molar-refractivity contribution is -0.135. The van der Waals surface area contributed by atoms with Crippen LogP contribution in [0.15, 0.2) is 11.1 Å². The van der Waals surface area contributed by atoms with Crippen LogP contribution in [0.5, 0.6) is 0 Å². The topological polar surface area (TPSA) is 371 Å². The van der Waals surface area contributed by atoms with Crippen LogP contribution < -0.4 is 11.3 Å². The summed E-state index contributed by atoms with van der Waals surface area (Å²) in [6.45, 7) is -1.64. The lowest BCUT2D eigenvalue weighted by Gasteiger charge is -2.27. The van der Waals surface area contributed by atoms with Gasteiger partial charge in [-0.05, 0) is 0 Å². The van der Waals surface area contributed by atoms with Gasteiger partial charge in [-0.25, -0.2) is 14.1 Å². The van der Waals surface area contributed by atoms with Crippen molar-refractivity contribution in [1.82, 2.24) is 19.5 Å². The van der Waals surface area contributed by atoms with Gasteiger partial charge in [0.15, 0.2) is 23.7 Å². The van der Waals surface area contributed by atoms with Crippen LogP contribution in [0.25, 0.3) is 11.2 Å². The predicted molar refractivity (Wildman–Crippen MR) is 125 cm³/mol. The highest BCUT2D eigenvalue weighted by atomic mass is 31.3. The molecule has 40 heavy (non-hydrogen) atoms. The van der Waals surface area contributed by atoms with Crippen LogP contribution >= 0.6 is 15.6 Å². The highest BCUT2D eigenvalue weighted by Crippen LogP contribution is 2.58. The van der Waals surface area contributed by atoms with Gasteiger partial charge in [0.1, 0.15) is 42.7 Å². The first-order valence-electron chi connectivity index (χ1n) is 10.7. The molecule has 1 saturated heterocycles. The van der Waals surface area contributed by atoms with Crippen molar-refractivity contribution in [3.63, 3.8) is 0 Å². The number of nitrogens with one attached hydrogen (secondary N) is 1. The molecule has 2 aromatic rings. The van der Waals surface area contributed by atoms with E-state index in [1.165, 1.54) is 10.9 Å². The molecule has 0 bridgehead atoms. The number of nitrogens with two attached hydrogens (primary N) is 1. The van der Waals surface area contributed by atoms with Gasteiger partial charge >= 0.3 is 15.6 Å². The molecule has 24 heteroatoms. The van der Waals surface area contributed by atoms with Crippen LogP contribution in [0.4, 0.5) is 5.95 Å². The minimum atomic E-state index is -5.40. The summed E-state index contributed by atoms with van der Waals surface area (Å²) in [7, 11) is -10.8. The van der Waals surface area contributed by atoms with Crippen LogP contribution in [0, 0.1) is 0 Å². The van der Waals surface area contributed by atoms with E-state index in [0.29, 0.717) is 0 Å². The number of nitrogen functional groups attached to an aromatic ring is 1. The lowest BCUT2D eigenvalue weighted by atomic mass is 10.0. The van der Waals surface area contributed by atoms with Gasteiger partial charge in [-0.1, -0.05) is 0 Å². The summed E-state index contributed by atoms with van der Waals surface area (Å²) < 4.78 is 35.6. The number of H-pyrrole nitrogens is 1. The molecule has 0 aromatic carbocycles. The Morgan fingerprint density at radius 3 is 2.27 bits per heavy atom. The standard InChI is InChI=1S/C10H13N5O5.C6H14O12P2/c11-10-13-7-4(8(19)14-10)12-2-15(7)9-6(18)5(17)3(1-16)20-9;7-1-3(9)5(10)6(11)4(2-8)17-20(15,16)18-19(12,13)14/h2-3,5-6,9,16-18H,1H2,(H3,11,13,14,19);1,3-6,8-11H,2H2,(H,15,16)(H2,12,13,14)/t3-,5-,6-,9-;3-,4-,5-,6-/m11/s1. The maximum Gasteiger partial charge on any atom is 0.481 e. The average molecular weight is 623 g/mol. The van der Waals surface area contributed by atoms with Crippen molar-refractivity contribution in [2.24, 2.45) is 0 Å². The van der Waals surface area contributed by atoms with Crippen molar-refractivity contribution in [3.05, 3.63) is 16.7 Å². The zero-order chi connectivity index (χ0) is 30.6. The van der Waals surface area contributed by atoms with E-state index in [9.17, 15) is 39.1 Å². The number of ether oxygens (including phenoxy) is 1. The van der Waals surface area contributed by atoms with Gasteiger partial charge in [0.2, 0.25) is 5.95 Å². The monoisotopic (exact) mass is 623 g/mol. The molecule has 0 radical (unpaired) electrons. The smallest absolute Gasteiger partial charge is 0.394 e. The maximum atomic E-state index is 11.7. The fourth-order valence-corrected chi connectivity index (χ4v) is 5.03. The summed E-state index contributed by atoms with van der Waals surface area (Å²) in [5, 5.41) is 65.1. The molecule has 9 atom stereocenters. The second-order valence-corrected chi connectivity index (χ2v) is 10.8. The second kappa shape index (κ2) is 13.6. The number of hydrogen-bond acceptors (Lipinski definition) is 17. The van der Waals surface area contributed by atoms with Crippen molar-refractivity contribution in [2.45, 2.75) is 49.0 Å². The average Bonchev–Trinajstić information content (AvgIpc) is 3.40. The number of nitrogens with zero attached hydrogens (tertiary/aromatic N) is 3. The first-order chi connectivity index (χ1) is 18.5. The van der Waals surface area contributed by atoms with Crippen molar-refractivity contribution < 1.29 is 77.9 Å². The summed E-state index contributed by atoms with van der Waals surface area (Å²) in [4.78, 5) is 57.6. The highest BCUT2D eigenvalue weighted by molar-refractivity contribution is 7.60. The molecule has 228 valence electrons. The Morgan fingerprint density at radius 1 is 1.15 bits per heavy atom. The van der Waals surface area contributed by atoms with Gasteiger partial charge in [-0.2, -0.15) is 9.29 Å². The number of aromatic amines is 1. The zero-order valence-corrected chi connectivity index (χ0v) is 21.6. The minimum Gasteiger partial charge on any atom is -0.394 e. The Balaban J connectivity index is 0.000000280. The van der Waals surface area contributed by atoms with Gasteiger partial charge in [0, 0.05) is 0 Å². The normalized spacial score (nSPS) is 25.9. The summed E-state index contributed by atoms with van der Waals surface area (Å²) in [6, 6.07) is 0. The number of rotatable bonds is 11. The molecule has 2 aromatic heterocycles. The number of aldehydes is 1. The summed E-state index contributed by atoms with van der Waals surface area (Å²) in [5.74, 6) is -0.101. The van der Waals surface area contributed by atoms with E-state index in [-0.39, 0.29) is 23.4 Å². The highest BCUT2D eigenvalue weighted by Gasteiger charge is 2.44. The van der Waals surface area contributed by atoms with Gasteiger partial charge < -0.3 is 65.7 Å². The van der Waals surface area contributed by atoms with Crippen LogP contribution in [0.3, 0.4) is 0 Å². The van der Waals surface area contributed by atoms with E-state index in [1.54, 1.807) is 0 Å². The number of phosphoric ester groups is 1. The Bertz CT molecular complexity index is 1300. The van der Waals surface area contributed by atoms with E-state index < -0.39 is 83.4 Å². The van der Waals surface area contributed by atoms with Crippen molar-refractivity contribution >= 4 is 39.0 Å². The van der Waals surface area contributed by atoms with Gasteiger partial charge in [-0.15, -0.1) is 0 Å². The number of aliphatic hydroxyl groups excluding tert-OH is 7. The Labute approximate surface area is 221 Å². The van der Waals surface area contributed by atoms with Gasteiger partial charge in [-0.3, -0.25) is 18.9 Å². The molecule has 3 heterocycles. The number of anilines is 1. The van der Waals surface area contributed by atoms with Gasteiger partial charge in [0.05, 0.1) is 19.5 Å². The SMILES string of the molecule is Nc1nc2c(ncn2[C@@H]2O[C@H](CO)[C@@H](O)[C@H]2O)c(=O)[nH]1.O=C[C@@H](O)[C@@H](O)[C@H](O)[C@@H](CO)OP(=O)(O)OP(=O)(O)O. The molecule has 13 N–H and O–H groups in total. The molecule has 1 unspecified atom stereocenters. The third kappa shape index (κ3) is 8.39. The zero-order valence-electron chi connectivity index (χ0n) is 19.8. The number of carbonyl (C=O) groups excluding carboxylic acids is 1. The molecular weight excluding hydrogens is 596 g/mol. The molecule has 0 aliphatic carbocycles. The molecule has 0 spiro atoms. The largest absolute Gasteiger partial charge is 0.481 e. The van der Waals surface area contributed by atoms with Crippen molar-refractivity contribution in [1.29, 1.82) is 0 Å². The van der Waals surface area contributed by atoms with E-state index in [1.807, 2.05) is 0 Å². The lowest BCUT2D eigenvalue weighted by Crippen LogP contribution is -2.47. The number of fused-ring (bicyclic) bond motifs is 1. The number of carbonyl (C=O) groups is 1. The quantitative estimate of drug-likeness (QED) is 0.0818. The van der Waals surface area contributed by atoms with Gasteiger partial charge in [0.25, 0.3) is 5.56 Å². The number of aliphatic hydroxyl groups is 7. The van der Waals surface area contributed by atoms with Crippen LogP contribution in [0.2, 0.25) is 0 Å². The van der Waals surface area contributed by atoms with Crippen molar-refractivity contribution in [3.8, 4) is 0 Å². The number of aromatic nitrogens is 4. The molecule has 1 aliphatic heterocycles. The fraction of sp³-hybridized carbons (Fsp3) is 0.625. The molecule has 0 saturated carbocycles. The fourth-order valence-electron chi connectivity index (χ4n) is 3.27. The molecule has 0 amide bonds. The second-order valence-electron chi connectivity index (χ2n) is 7.98. The Morgan fingerprint density at radius 2 is 1.77 bits per heavy atom. The minimum absolute atomic E-state index is 0.0388. The summed E-state index contributed by atoms with van der Waals surface area (Å²) >= 11 is 0. The third-order valence-electron chi connectivity index (χ3n) is 5.12. The molecule has 22 nitrogen and oxygen atoms in total. The molecule has 1 aliphatic rings.